The maximum Gasteiger partial charge on any atom is 0.257 e. The van der Waals surface area contributed by atoms with Gasteiger partial charge in [-0.3, -0.25) is 4.79 Å². The fraction of sp³-hybridized carbons (Fsp3) is 0.0714. The molecule has 0 atom stereocenters. The molecule has 19 heavy (non-hydrogen) atoms. The second-order valence-corrected chi connectivity index (χ2v) is 5.01. The van der Waals surface area contributed by atoms with Gasteiger partial charge < -0.3 is 11.1 Å². The lowest BCUT2D eigenvalue weighted by Crippen LogP contribution is -2.13. The molecule has 0 heterocycles. The quantitative estimate of drug-likeness (QED) is 0.818. The lowest BCUT2D eigenvalue weighted by Gasteiger charge is -2.10. The number of nitrogen functional groups attached to an aromatic ring is 1. The van der Waals surface area contributed by atoms with Crippen molar-refractivity contribution >= 4 is 40.5 Å². The van der Waals surface area contributed by atoms with Crippen molar-refractivity contribution in [3.8, 4) is 0 Å². The third-order valence-electron chi connectivity index (χ3n) is 2.63. The van der Waals surface area contributed by atoms with Gasteiger partial charge in [-0.15, -0.1) is 0 Å². The monoisotopic (exact) mass is 294 g/mol. The summed E-state index contributed by atoms with van der Waals surface area (Å²) in [5.41, 5.74) is 8.23. The molecule has 2 rings (SSSR count). The van der Waals surface area contributed by atoms with E-state index in [1.54, 1.807) is 24.3 Å². The molecule has 0 saturated heterocycles. The number of carbonyl (C=O) groups excluding carboxylic acids is 1. The van der Waals surface area contributed by atoms with Gasteiger partial charge in [0.2, 0.25) is 0 Å². The normalized spacial score (nSPS) is 10.3. The number of carbonyl (C=O) groups is 1. The molecule has 0 spiro atoms. The van der Waals surface area contributed by atoms with E-state index in [2.05, 4.69) is 5.32 Å². The molecule has 98 valence electrons. The van der Waals surface area contributed by atoms with E-state index in [-0.39, 0.29) is 5.91 Å². The summed E-state index contributed by atoms with van der Waals surface area (Å²) >= 11 is 11.8. The van der Waals surface area contributed by atoms with Gasteiger partial charge in [0.05, 0.1) is 22.0 Å². The molecule has 5 heteroatoms. The smallest absolute Gasteiger partial charge is 0.257 e. The van der Waals surface area contributed by atoms with Gasteiger partial charge in [0.1, 0.15) is 0 Å². The summed E-state index contributed by atoms with van der Waals surface area (Å²) in [7, 11) is 0. The Hall–Kier alpha value is -1.71. The number of hydrogen-bond donors (Lipinski definition) is 2. The molecule has 0 saturated carbocycles. The average molecular weight is 295 g/mol. The summed E-state index contributed by atoms with van der Waals surface area (Å²) in [5, 5.41) is 3.51. The highest BCUT2D eigenvalue weighted by Crippen LogP contribution is 2.24. The lowest BCUT2D eigenvalue weighted by molar-refractivity contribution is 0.102. The molecule has 0 aromatic heterocycles. The largest absolute Gasteiger partial charge is 0.397 e. The molecule has 0 radical (unpaired) electrons. The minimum absolute atomic E-state index is 0.314. The Morgan fingerprint density at radius 2 is 1.89 bits per heavy atom. The summed E-state index contributed by atoms with van der Waals surface area (Å²) in [4.78, 5) is 12.1. The van der Waals surface area contributed by atoms with E-state index in [1.807, 2.05) is 13.0 Å². The van der Waals surface area contributed by atoms with Crippen molar-refractivity contribution in [3.63, 3.8) is 0 Å². The van der Waals surface area contributed by atoms with Crippen LogP contribution in [-0.2, 0) is 0 Å². The number of aryl methyl sites for hydroxylation is 1. The van der Waals surface area contributed by atoms with Gasteiger partial charge in [0.25, 0.3) is 5.91 Å². The summed E-state index contributed by atoms with van der Waals surface area (Å²) in [6.07, 6.45) is 0. The van der Waals surface area contributed by atoms with Gasteiger partial charge in [-0.2, -0.15) is 0 Å². The van der Waals surface area contributed by atoms with Gasteiger partial charge in [-0.25, -0.2) is 0 Å². The number of halogens is 2. The van der Waals surface area contributed by atoms with Crippen molar-refractivity contribution in [1.29, 1.82) is 0 Å². The van der Waals surface area contributed by atoms with E-state index < -0.39 is 0 Å². The summed E-state index contributed by atoms with van der Waals surface area (Å²) < 4.78 is 0. The molecule has 2 aromatic carbocycles. The number of anilines is 2. The van der Waals surface area contributed by atoms with Crippen LogP contribution < -0.4 is 11.1 Å². The van der Waals surface area contributed by atoms with Crippen LogP contribution in [0.15, 0.2) is 36.4 Å². The van der Waals surface area contributed by atoms with Gasteiger partial charge in [0.15, 0.2) is 0 Å². The first kappa shape index (κ1) is 13.7. The average Bonchev–Trinajstić information content (AvgIpc) is 2.35. The molecule has 0 aliphatic rings. The van der Waals surface area contributed by atoms with E-state index in [4.69, 9.17) is 28.9 Å². The zero-order chi connectivity index (χ0) is 14.0. The Morgan fingerprint density at radius 3 is 2.58 bits per heavy atom. The second kappa shape index (κ2) is 5.51. The van der Waals surface area contributed by atoms with Gasteiger partial charge in [-0.05, 0) is 42.8 Å². The number of rotatable bonds is 2. The van der Waals surface area contributed by atoms with Crippen LogP contribution in [0.2, 0.25) is 10.0 Å². The van der Waals surface area contributed by atoms with Crippen molar-refractivity contribution in [2.75, 3.05) is 11.1 Å². The molecule has 0 bridgehead atoms. The number of benzene rings is 2. The first-order chi connectivity index (χ1) is 8.97. The summed E-state index contributed by atoms with van der Waals surface area (Å²) in [5.74, 6) is -0.344. The minimum atomic E-state index is -0.344. The first-order valence-corrected chi connectivity index (χ1v) is 6.35. The molecule has 3 N–H and O–H groups in total. The highest BCUT2D eigenvalue weighted by molar-refractivity contribution is 6.36. The van der Waals surface area contributed by atoms with Crippen LogP contribution >= 0.6 is 23.2 Å². The van der Waals surface area contributed by atoms with E-state index in [1.165, 1.54) is 6.07 Å². The molecule has 0 aliphatic heterocycles. The maximum absolute atomic E-state index is 12.1. The molecule has 0 unspecified atom stereocenters. The third-order valence-corrected chi connectivity index (χ3v) is 3.19. The van der Waals surface area contributed by atoms with Crippen LogP contribution in [0.4, 0.5) is 11.4 Å². The number of nitrogens with one attached hydrogen (secondary N) is 1. The van der Waals surface area contributed by atoms with Crippen LogP contribution in [0.25, 0.3) is 0 Å². The number of hydrogen-bond acceptors (Lipinski definition) is 2. The fourth-order valence-electron chi connectivity index (χ4n) is 1.66. The van der Waals surface area contributed by atoms with Crippen molar-refractivity contribution in [2.24, 2.45) is 0 Å². The van der Waals surface area contributed by atoms with Crippen molar-refractivity contribution in [1.82, 2.24) is 0 Å². The van der Waals surface area contributed by atoms with Crippen molar-refractivity contribution in [3.05, 3.63) is 57.6 Å². The van der Waals surface area contributed by atoms with Crippen LogP contribution in [0.1, 0.15) is 15.9 Å². The number of nitrogens with two attached hydrogens (primary N) is 1. The predicted octanol–water partition coefficient (Wildman–Crippen LogP) is 4.14. The topological polar surface area (TPSA) is 55.1 Å². The van der Waals surface area contributed by atoms with Crippen molar-refractivity contribution < 1.29 is 4.79 Å². The molecule has 3 nitrogen and oxygen atoms in total. The van der Waals surface area contributed by atoms with Crippen LogP contribution in [0.5, 0.6) is 0 Å². The van der Waals surface area contributed by atoms with E-state index in [9.17, 15) is 4.79 Å². The molecule has 0 aliphatic carbocycles. The lowest BCUT2D eigenvalue weighted by atomic mass is 10.1. The Labute approximate surface area is 121 Å². The van der Waals surface area contributed by atoms with Gasteiger partial charge >= 0.3 is 0 Å². The molecule has 2 aromatic rings. The third kappa shape index (κ3) is 3.19. The standard InChI is InChI=1S/C14H12Cl2N2O/c1-8-2-5-13(12(17)6-8)18-14(19)10-7-9(15)3-4-11(10)16/h2-7H,17H2,1H3,(H,18,19). The summed E-state index contributed by atoms with van der Waals surface area (Å²) in [6.45, 7) is 1.93. The van der Waals surface area contributed by atoms with Crippen LogP contribution in [0.3, 0.4) is 0 Å². The highest BCUT2D eigenvalue weighted by atomic mass is 35.5. The van der Waals surface area contributed by atoms with Gasteiger partial charge in [-0.1, -0.05) is 29.3 Å². The Balaban J connectivity index is 2.28. The molecular formula is C14H12Cl2N2O. The van der Waals surface area contributed by atoms with Crippen molar-refractivity contribution in [2.45, 2.75) is 6.92 Å². The van der Waals surface area contributed by atoms with E-state index in [0.717, 1.165) is 5.56 Å². The highest BCUT2D eigenvalue weighted by Gasteiger charge is 2.12. The SMILES string of the molecule is Cc1ccc(NC(=O)c2cc(Cl)ccc2Cl)c(N)c1. The van der Waals surface area contributed by atoms with E-state index >= 15 is 0 Å². The molecule has 1 amide bonds. The Kier molecular flexibility index (Phi) is 3.98. The second-order valence-electron chi connectivity index (χ2n) is 4.17. The van der Waals surface area contributed by atoms with E-state index in [0.29, 0.717) is 27.0 Å². The fourth-order valence-corrected chi connectivity index (χ4v) is 2.03. The maximum atomic E-state index is 12.1. The Bertz CT molecular complexity index is 641. The summed E-state index contributed by atoms with van der Waals surface area (Å²) in [6, 6.07) is 10.1. The first-order valence-electron chi connectivity index (χ1n) is 5.60. The zero-order valence-electron chi connectivity index (χ0n) is 10.2. The number of amides is 1. The van der Waals surface area contributed by atoms with Crippen LogP contribution in [-0.4, -0.2) is 5.91 Å². The minimum Gasteiger partial charge on any atom is -0.397 e. The van der Waals surface area contributed by atoms with Crippen LogP contribution in [0, 0.1) is 6.92 Å². The van der Waals surface area contributed by atoms with Gasteiger partial charge in [0, 0.05) is 5.02 Å². The predicted molar refractivity (Wildman–Crippen MR) is 80.0 cm³/mol. The molecule has 0 fully saturated rings. The Morgan fingerprint density at radius 1 is 1.16 bits per heavy atom. The zero-order valence-corrected chi connectivity index (χ0v) is 11.7. The molecular weight excluding hydrogens is 283 g/mol.